The highest BCUT2D eigenvalue weighted by Gasteiger charge is 2.26. The second-order valence-electron chi connectivity index (χ2n) is 5.00. The van der Waals surface area contributed by atoms with Crippen molar-refractivity contribution in [2.24, 2.45) is 5.92 Å². The summed E-state index contributed by atoms with van der Waals surface area (Å²) in [4.78, 5) is 12.4. The van der Waals surface area contributed by atoms with Crippen LogP contribution in [-0.4, -0.2) is 31.6 Å². The van der Waals surface area contributed by atoms with Crippen LogP contribution in [0, 0.1) is 21.8 Å². The standard InChI is InChI=1S/C13H17ClFN3O2/c1-16-8-9-2-4-17(5-3-9)12-6-10(14)11(15)7-13(12)18(19)20/h6-7,9,16H,2-5,8H2,1H3. The van der Waals surface area contributed by atoms with Crippen LogP contribution >= 0.6 is 11.6 Å². The normalized spacial score (nSPS) is 16.4. The summed E-state index contributed by atoms with van der Waals surface area (Å²) in [5.41, 5.74) is 0.184. The Morgan fingerprint density at radius 1 is 1.50 bits per heavy atom. The molecule has 110 valence electrons. The van der Waals surface area contributed by atoms with Crippen LogP contribution in [0.3, 0.4) is 0 Å². The summed E-state index contributed by atoms with van der Waals surface area (Å²) in [5, 5.41) is 14.1. The van der Waals surface area contributed by atoms with E-state index in [9.17, 15) is 14.5 Å². The Hall–Kier alpha value is -1.40. The Morgan fingerprint density at radius 3 is 2.70 bits per heavy atom. The first-order valence-electron chi connectivity index (χ1n) is 6.56. The predicted molar refractivity (Wildman–Crippen MR) is 76.9 cm³/mol. The van der Waals surface area contributed by atoms with Gasteiger partial charge in [-0.1, -0.05) is 11.6 Å². The number of anilines is 1. The summed E-state index contributed by atoms with van der Waals surface area (Å²) in [5.74, 6) is -0.182. The Bertz CT molecular complexity index is 505. The van der Waals surface area contributed by atoms with Gasteiger partial charge in [0.25, 0.3) is 5.69 Å². The minimum Gasteiger partial charge on any atom is -0.366 e. The molecule has 0 saturated carbocycles. The Kier molecular flexibility index (Phi) is 4.77. The third kappa shape index (κ3) is 3.19. The number of halogens is 2. The molecule has 0 radical (unpaired) electrons. The molecule has 0 unspecified atom stereocenters. The van der Waals surface area contributed by atoms with Gasteiger partial charge in [-0.25, -0.2) is 4.39 Å². The number of benzene rings is 1. The fraction of sp³-hybridized carbons (Fsp3) is 0.538. The minimum absolute atomic E-state index is 0.0806. The maximum Gasteiger partial charge on any atom is 0.295 e. The van der Waals surface area contributed by atoms with Gasteiger partial charge in [0.2, 0.25) is 0 Å². The number of rotatable bonds is 4. The van der Waals surface area contributed by atoms with Crippen LogP contribution in [-0.2, 0) is 0 Å². The average Bonchev–Trinajstić information content (AvgIpc) is 2.42. The van der Waals surface area contributed by atoms with Gasteiger partial charge >= 0.3 is 0 Å². The third-order valence-electron chi connectivity index (χ3n) is 3.66. The largest absolute Gasteiger partial charge is 0.366 e. The van der Waals surface area contributed by atoms with Gasteiger partial charge in [-0.15, -0.1) is 0 Å². The second-order valence-corrected chi connectivity index (χ2v) is 5.41. The molecule has 1 saturated heterocycles. The van der Waals surface area contributed by atoms with Gasteiger partial charge in [0.1, 0.15) is 11.5 Å². The molecule has 5 nitrogen and oxygen atoms in total. The van der Waals surface area contributed by atoms with Crippen LogP contribution < -0.4 is 10.2 Å². The van der Waals surface area contributed by atoms with Gasteiger partial charge in [-0.2, -0.15) is 0 Å². The van der Waals surface area contributed by atoms with Crippen LogP contribution in [0.1, 0.15) is 12.8 Å². The molecular formula is C13H17ClFN3O2. The van der Waals surface area contributed by atoms with Crippen molar-refractivity contribution in [2.75, 3.05) is 31.6 Å². The molecule has 0 aliphatic carbocycles. The van der Waals surface area contributed by atoms with Crippen LogP contribution in [0.25, 0.3) is 0 Å². The summed E-state index contributed by atoms with van der Waals surface area (Å²) in [7, 11) is 1.91. The molecular weight excluding hydrogens is 285 g/mol. The first-order chi connectivity index (χ1) is 9.52. The molecule has 0 amide bonds. The Labute approximate surface area is 121 Å². The lowest BCUT2D eigenvalue weighted by molar-refractivity contribution is -0.384. The van der Waals surface area contributed by atoms with E-state index in [4.69, 9.17) is 11.6 Å². The predicted octanol–water partition coefficient (Wildman–Crippen LogP) is 2.82. The highest BCUT2D eigenvalue weighted by molar-refractivity contribution is 6.31. The van der Waals surface area contributed by atoms with E-state index in [1.807, 2.05) is 11.9 Å². The van der Waals surface area contributed by atoms with Crippen molar-refractivity contribution >= 4 is 23.0 Å². The topological polar surface area (TPSA) is 58.4 Å². The Balaban J connectivity index is 2.21. The molecule has 1 aliphatic rings. The van der Waals surface area contributed by atoms with Crippen molar-refractivity contribution in [3.63, 3.8) is 0 Å². The van der Waals surface area contributed by atoms with E-state index in [-0.39, 0.29) is 10.7 Å². The molecule has 1 aromatic carbocycles. The fourth-order valence-corrected chi connectivity index (χ4v) is 2.75. The van der Waals surface area contributed by atoms with Crippen LogP contribution in [0.4, 0.5) is 15.8 Å². The molecule has 1 aromatic rings. The van der Waals surface area contributed by atoms with Gasteiger partial charge in [-0.05, 0) is 38.4 Å². The maximum absolute atomic E-state index is 13.4. The monoisotopic (exact) mass is 301 g/mol. The zero-order valence-electron chi connectivity index (χ0n) is 11.2. The molecule has 7 heteroatoms. The quantitative estimate of drug-likeness (QED) is 0.686. The molecule has 1 N–H and O–H groups in total. The van der Waals surface area contributed by atoms with Crippen molar-refractivity contribution in [3.05, 3.63) is 33.1 Å². The fourth-order valence-electron chi connectivity index (χ4n) is 2.59. The van der Waals surface area contributed by atoms with E-state index in [0.717, 1.165) is 38.5 Å². The number of hydrogen-bond acceptors (Lipinski definition) is 4. The van der Waals surface area contributed by atoms with E-state index in [2.05, 4.69) is 5.32 Å². The first-order valence-corrected chi connectivity index (χ1v) is 6.93. The minimum atomic E-state index is -0.757. The lowest BCUT2D eigenvalue weighted by atomic mass is 9.96. The van der Waals surface area contributed by atoms with Gasteiger partial charge < -0.3 is 10.2 Å². The summed E-state index contributed by atoms with van der Waals surface area (Å²) in [6, 6.07) is 2.25. The molecule has 1 heterocycles. The summed E-state index contributed by atoms with van der Waals surface area (Å²) >= 11 is 5.75. The van der Waals surface area contributed by atoms with Crippen LogP contribution in [0.2, 0.25) is 5.02 Å². The summed E-state index contributed by atoms with van der Waals surface area (Å²) in [6.45, 7) is 2.38. The molecule has 1 aliphatic heterocycles. The van der Waals surface area contributed by atoms with Crippen molar-refractivity contribution in [2.45, 2.75) is 12.8 Å². The van der Waals surface area contributed by atoms with Crippen molar-refractivity contribution in [3.8, 4) is 0 Å². The average molecular weight is 302 g/mol. The highest BCUT2D eigenvalue weighted by atomic mass is 35.5. The lowest BCUT2D eigenvalue weighted by Gasteiger charge is -2.33. The van der Waals surface area contributed by atoms with Gasteiger partial charge in [0, 0.05) is 13.1 Å². The molecule has 0 aromatic heterocycles. The SMILES string of the molecule is CNCC1CCN(c2cc(Cl)c(F)cc2[N+](=O)[O-])CC1. The maximum atomic E-state index is 13.4. The van der Waals surface area contributed by atoms with Gasteiger partial charge in [0.05, 0.1) is 16.0 Å². The second kappa shape index (κ2) is 6.37. The first kappa shape index (κ1) is 15.0. The van der Waals surface area contributed by atoms with E-state index < -0.39 is 10.7 Å². The summed E-state index contributed by atoms with van der Waals surface area (Å²) < 4.78 is 13.4. The number of nitrogens with one attached hydrogen (secondary N) is 1. The summed E-state index contributed by atoms with van der Waals surface area (Å²) in [6.07, 6.45) is 1.90. The Morgan fingerprint density at radius 2 is 2.15 bits per heavy atom. The molecule has 0 spiro atoms. The molecule has 2 rings (SSSR count). The molecule has 1 fully saturated rings. The van der Waals surface area contributed by atoms with Crippen LogP contribution in [0.15, 0.2) is 12.1 Å². The van der Waals surface area contributed by atoms with Crippen molar-refractivity contribution < 1.29 is 9.31 Å². The van der Waals surface area contributed by atoms with E-state index in [1.165, 1.54) is 6.07 Å². The molecule has 0 atom stereocenters. The molecule has 20 heavy (non-hydrogen) atoms. The van der Waals surface area contributed by atoms with Crippen molar-refractivity contribution in [1.82, 2.24) is 5.32 Å². The van der Waals surface area contributed by atoms with E-state index in [0.29, 0.717) is 11.6 Å². The van der Waals surface area contributed by atoms with E-state index in [1.54, 1.807) is 0 Å². The lowest BCUT2D eigenvalue weighted by Crippen LogP contribution is -2.37. The molecule has 0 bridgehead atoms. The zero-order chi connectivity index (χ0) is 14.7. The van der Waals surface area contributed by atoms with Crippen molar-refractivity contribution in [1.29, 1.82) is 0 Å². The van der Waals surface area contributed by atoms with E-state index >= 15 is 0 Å². The van der Waals surface area contributed by atoms with Crippen LogP contribution in [0.5, 0.6) is 0 Å². The third-order valence-corrected chi connectivity index (χ3v) is 3.95. The smallest absolute Gasteiger partial charge is 0.295 e. The zero-order valence-corrected chi connectivity index (χ0v) is 12.0. The van der Waals surface area contributed by atoms with Gasteiger partial charge in [0.15, 0.2) is 0 Å². The number of hydrogen-bond donors (Lipinski definition) is 1. The van der Waals surface area contributed by atoms with Gasteiger partial charge in [-0.3, -0.25) is 10.1 Å². The number of nitro benzene ring substituents is 1. The number of piperidine rings is 1. The number of nitrogens with zero attached hydrogens (tertiary/aromatic N) is 2. The highest BCUT2D eigenvalue weighted by Crippen LogP contribution is 2.35. The number of nitro groups is 1.